The van der Waals surface area contributed by atoms with Gasteiger partial charge in [0, 0.05) is 26.8 Å². The van der Waals surface area contributed by atoms with E-state index in [1.165, 1.54) is 6.20 Å². The Balaban J connectivity index is 2.19. The minimum atomic E-state index is -0.179. The normalized spacial score (nSPS) is 10.7. The van der Waals surface area contributed by atoms with E-state index < -0.39 is 0 Å². The molecule has 0 fully saturated rings. The lowest BCUT2D eigenvalue weighted by molar-refractivity contribution is 0.0686. The number of anilines is 1. The van der Waals surface area contributed by atoms with Crippen LogP contribution in [0.15, 0.2) is 6.20 Å². The van der Waals surface area contributed by atoms with Gasteiger partial charge in [-0.3, -0.25) is 9.48 Å². The van der Waals surface area contributed by atoms with E-state index in [4.69, 9.17) is 15.2 Å². The first kappa shape index (κ1) is 16.5. The number of nitrogen functional groups attached to an aromatic ring is 1. The average molecular weight is 284 g/mol. The lowest BCUT2D eigenvalue weighted by atomic mass is 10.3. The van der Waals surface area contributed by atoms with Crippen LogP contribution >= 0.6 is 0 Å². The molecule has 0 radical (unpaired) electrons. The minimum Gasteiger partial charge on any atom is -0.396 e. The van der Waals surface area contributed by atoms with Gasteiger partial charge in [-0.25, -0.2) is 0 Å². The van der Waals surface area contributed by atoms with Crippen LogP contribution in [0.5, 0.6) is 0 Å². The van der Waals surface area contributed by atoms with Crippen LogP contribution in [0.1, 0.15) is 30.3 Å². The molecule has 0 bridgehead atoms. The molecule has 20 heavy (non-hydrogen) atoms. The maximum absolute atomic E-state index is 12.0. The molecule has 7 heteroatoms. The Labute approximate surface area is 119 Å². The fourth-order valence-electron chi connectivity index (χ4n) is 1.75. The molecule has 114 valence electrons. The first-order valence-corrected chi connectivity index (χ1v) is 6.86. The van der Waals surface area contributed by atoms with Gasteiger partial charge >= 0.3 is 0 Å². The molecule has 0 saturated carbocycles. The van der Waals surface area contributed by atoms with E-state index in [1.807, 2.05) is 6.92 Å². The molecular formula is C13H24N4O3. The maximum atomic E-state index is 12.0. The van der Waals surface area contributed by atoms with Crippen molar-refractivity contribution in [2.45, 2.75) is 26.3 Å². The van der Waals surface area contributed by atoms with Crippen LogP contribution in [0.25, 0.3) is 0 Å². The van der Waals surface area contributed by atoms with E-state index >= 15 is 0 Å². The van der Waals surface area contributed by atoms with Crippen molar-refractivity contribution < 1.29 is 14.3 Å². The largest absolute Gasteiger partial charge is 0.396 e. The van der Waals surface area contributed by atoms with Crippen molar-refractivity contribution in [1.29, 1.82) is 0 Å². The topological polar surface area (TPSA) is 91.4 Å². The van der Waals surface area contributed by atoms with Gasteiger partial charge in [0.05, 0.1) is 25.1 Å². The number of nitrogens with one attached hydrogen (secondary N) is 1. The van der Waals surface area contributed by atoms with Crippen LogP contribution in [0.4, 0.5) is 5.69 Å². The number of rotatable bonds is 10. The summed E-state index contributed by atoms with van der Waals surface area (Å²) in [5, 5.41) is 6.88. The lowest BCUT2D eigenvalue weighted by Crippen LogP contribution is -2.28. The number of nitrogens with zero attached hydrogens (tertiary/aromatic N) is 2. The summed E-state index contributed by atoms with van der Waals surface area (Å²) in [5.41, 5.74) is 6.58. The highest BCUT2D eigenvalue weighted by Gasteiger charge is 2.15. The zero-order valence-corrected chi connectivity index (χ0v) is 12.2. The van der Waals surface area contributed by atoms with Crippen molar-refractivity contribution in [3.8, 4) is 0 Å². The predicted molar refractivity (Wildman–Crippen MR) is 76.6 cm³/mol. The molecule has 0 aliphatic carbocycles. The molecule has 0 aromatic carbocycles. The van der Waals surface area contributed by atoms with Gasteiger partial charge in [-0.05, 0) is 19.8 Å². The Hall–Kier alpha value is -1.60. The summed E-state index contributed by atoms with van der Waals surface area (Å²) in [7, 11) is 1.64. The van der Waals surface area contributed by atoms with Gasteiger partial charge in [-0.15, -0.1) is 0 Å². The summed E-state index contributed by atoms with van der Waals surface area (Å²) in [4.78, 5) is 12.0. The van der Waals surface area contributed by atoms with Crippen molar-refractivity contribution in [2.75, 3.05) is 39.2 Å². The molecule has 0 aliphatic rings. The Bertz CT molecular complexity index is 406. The molecule has 0 spiro atoms. The number of ether oxygens (including phenoxy) is 2. The first-order valence-electron chi connectivity index (χ1n) is 6.86. The Morgan fingerprint density at radius 2 is 2.20 bits per heavy atom. The number of carbonyl (C=O) groups excluding carboxylic acids is 1. The van der Waals surface area contributed by atoms with E-state index in [0.29, 0.717) is 44.3 Å². The van der Waals surface area contributed by atoms with Gasteiger partial charge < -0.3 is 20.5 Å². The smallest absolute Gasteiger partial charge is 0.271 e. The summed E-state index contributed by atoms with van der Waals surface area (Å²) < 4.78 is 11.8. The van der Waals surface area contributed by atoms with Crippen LogP contribution in [0, 0.1) is 0 Å². The number of nitrogens with two attached hydrogens (primary N) is 1. The van der Waals surface area contributed by atoms with Gasteiger partial charge in [0.1, 0.15) is 5.69 Å². The van der Waals surface area contributed by atoms with E-state index in [1.54, 1.807) is 11.8 Å². The third-order valence-electron chi connectivity index (χ3n) is 2.82. The van der Waals surface area contributed by atoms with Gasteiger partial charge in [0.2, 0.25) is 0 Å². The summed E-state index contributed by atoms with van der Waals surface area (Å²) in [6.07, 6.45) is 3.26. The van der Waals surface area contributed by atoms with Gasteiger partial charge in [-0.2, -0.15) is 5.10 Å². The SMILES string of the molecule is CCn1ncc(N)c1C(=O)NCCCCOCCOC. The zero-order valence-electron chi connectivity index (χ0n) is 12.2. The highest BCUT2D eigenvalue weighted by molar-refractivity contribution is 5.97. The van der Waals surface area contributed by atoms with Crippen LogP contribution in [0.3, 0.4) is 0 Å². The molecule has 0 unspecified atom stereocenters. The van der Waals surface area contributed by atoms with Crippen LogP contribution in [-0.4, -0.2) is 49.2 Å². The van der Waals surface area contributed by atoms with Crippen LogP contribution in [0.2, 0.25) is 0 Å². The van der Waals surface area contributed by atoms with Crippen LogP contribution in [-0.2, 0) is 16.0 Å². The summed E-state index contributed by atoms with van der Waals surface area (Å²) >= 11 is 0. The third kappa shape index (κ3) is 5.18. The second-order valence-corrected chi connectivity index (χ2v) is 4.33. The molecule has 0 aliphatic heterocycles. The number of aryl methyl sites for hydroxylation is 1. The number of carbonyl (C=O) groups is 1. The maximum Gasteiger partial charge on any atom is 0.271 e. The molecule has 1 rings (SSSR count). The summed E-state index contributed by atoms with van der Waals surface area (Å²) in [6.45, 7) is 5.02. The van der Waals surface area contributed by atoms with E-state index in [0.717, 1.165) is 12.8 Å². The van der Waals surface area contributed by atoms with Crippen molar-refractivity contribution in [3.63, 3.8) is 0 Å². The Morgan fingerprint density at radius 1 is 1.40 bits per heavy atom. The molecule has 1 aromatic rings. The van der Waals surface area contributed by atoms with Crippen molar-refractivity contribution in [2.24, 2.45) is 0 Å². The number of hydrogen-bond donors (Lipinski definition) is 2. The molecule has 0 saturated heterocycles. The Kier molecular flexibility index (Phi) is 7.67. The van der Waals surface area contributed by atoms with Crippen molar-refractivity contribution in [3.05, 3.63) is 11.9 Å². The lowest BCUT2D eigenvalue weighted by Gasteiger charge is -2.08. The van der Waals surface area contributed by atoms with Gasteiger partial charge in [-0.1, -0.05) is 0 Å². The fourth-order valence-corrected chi connectivity index (χ4v) is 1.75. The third-order valence-corrected chi connectivity index (χ3v) is 2.82. The number of amides is 1. The summed E-state index contributed by atoms with van der Waals surface area (Å²) in [5.74, 6) is -0.179. The predicted octanol–water partition coefficient (Wildman–Crippen LogP) is 0.658. The molecule has 1 aromatic heterocycles. The number of hydrogen-bond acceptors (Lipinski definition) is 5. The van der Waals surface area contributed by atoms with E-state index in [2.05, 4.69) is 10.4 Å². The monoisotopic (exact) mass is 284 g/mol. The number of methoxy groups -OCH3 is 1. The molecule has 3 N–H and O–H groups in total. The Morgan fingerprint density at radius 3 is 2.90 bits per heavy atom. The standard InChI is InChI=1S/C13H24N4O3/c1-3-17-12(11(14)10-16-17)13(18)15-6-4-5-7-20-9-8-19-2/h10H,3-9,14H2,1-2H3,(H,15,18). The minimum absolute atomic E-state index is 0.179. The molecule has 7 nitrogen and oxygen atoms in total. The number of aromatic nitrogens is 2. The highest BCUT2D eigenvalue weighted by atomic mass is 16.5. The average Bonchev–Trinajstić information content (AvgIpc) is 2.82. The second kappa shape index (κ2) is 9.33. The van der Waals surface area contributed by atoms with E-state index in [9.17, 15) is 4.79 Å². The zero-order chi connectivity index (χ0) is 14.8. The van der Waals surface area contributed by atoms with Crippen molar-refractivity contribution in [1.82, 2.24) is 15.1 Å². The summed E-state index contributed by atoms with van der Waals surface area (Å²) in [6, 6.07) is 0. The molecule has 1 heterocycles. The van der Waals surface area contributed by atoms with E-state index in [-0.39, 0.29) is 5.91 Å². The highest BCUT2D eigenvalue weighted by Crippen LogP contribution is 2.10. The van der Waals surface area contributed by atoms with Gasteiger partial charge in [0.15, 0.2) is 0 Å². The molecular weight excluding hydrogens is 260 g/mol. The first-order chi connectivity index (χ1) is 9.70. The van der Waals surface area contributed by atoms with Gasteiger partial charge in [0.25, 0.3) is 5.91 Å². The quantitative estimate of drug-likeness (QED) is 0.616. The number of unbranched alkanes of at least 4 members (excludes halogenated alkanes) is 1. The molecule has 0 atom stereocenters. The van der Waals surface area contributed by atoms with Crippen LogP contribution < -0.4 is 11.1 Å². The van der Waals surface area contributed by atoms with Crippen molar-refractivity contribution >= 4 is 11.6 Å². The fraction of sp³-hybridized carbons (Fsp3) is 0.692. The molecule has 1 amide bonds. The second-order valence-electron chi connectivity index (χ2n) is 4.33.